The normalized spacial score (nSPS) is 12.2. The number of aliphatic carboxylic acids is 1. The van der Waals surface area contributed by atoms with E-state index < -0.39 is 27.4 Å². The van der Waals surface area contributed by atoms with Gasteiger partial charge in [-0.3, -0.25) is 10.1 Å². The van der Waals surface area contributed by atoms with Gasteiger partial charge in [0.25, 0.3) is 0 Å². The number of carbonyl (C=O) groups is 1. The number of hydrogen-bond acceptors (Lipinski definition) is 7. The highest BCUT2D eigenvalue weighted by Crippen LogP contribution is 2.36. The summed E-state index contributed by atoms with van der Waals surface area (Å²) in [6, 6.07) is 30.7. The lowest BCUT2D eigenvalue weighted by Crippen LogP contribution is -2.45. The van der Waals surface area contributed by atoms with Crippen LogP contribution in [0, 0.1) is 11.8 Å². The number of benzene rings is 3. The van der Waals surface area contributed by atoms with Crippen molar-refractivity contribution in [1.29, 1.82) is 0 Å². The molecule has 0 bridgehead atoms. The lowest BCUT2D eigenvalue weighted by atomic mass is 9.77. The molecule has 9 heteroatoms. The first-order valence-corrected chi connectivity index (χ1v) is 17.1. The third-order valence-corrected chi connectivity index (χ3v) is 8.41. The molecule has 3 aromatic carbocycles. The van der Waals surface area contributed by atoms with E-state index in [-0.39, 0.29) is 5.16 Å². The molecular weight excluding hydrogens is 584 g/mol. The molecule has 0 fully saturated rings. The highest BCUT2D eigenvalue weighted by atomic mass is 32.2. The molecule has 4 rings (SSSR count). The Morgan fingerprint density at radius 1 is 0.800 bits per heavy atom. The Morgan fingerprint density at radius 2 is 1.31 bits per heavy atom. The molecule has 1 aromatic heterocycles. The molecule has 8 nitrogen and oxygen atoms in total. The summed E-state index contributed by atoms with van der Waals surface area (Å²) in [7, 11) is -3.44. The third-order valence-electron chi connectivity index (χ3n) is 7.54. The van der Waals surface area contributed by atoms with E-state index in [1.165, 1.54) is 12.4 Å². The standard InChI is InChI=1S/C36H40N4O4S/c1-45(43,44)35-38-27-29(28-39-35)17-7-2-3-15-25-37-33(34(41)42)24-14-16-26-40-36(30-18-8-4-9-19-30,31-20-10-5-11-21-31)32-22-12-6-13-23-32/h4-6,8-13,18-23,27-28,33,37,40H,2-3,14-16,24-26H2,1H3,(H,41,42)/t33-/m0/s1. The molecule has 1 heterocycles. The molecule has 0 aliphatic heterocycles. The number of rotatable bonds is 16. The summed E-state index contributed by atoms with van der Waals surface area (Å²) in [4.78, 5) is 19.6. The van der Waals surface area contributed by atoms with Crippen LogP contribution in [0.1, 0.15) is 60.8 Å². The average Bonchev–Trinajstić information content (AvgIpc) is 3.06. The van der Waals surface area contributed by atoms with Gasteiger partial charge in [0.05, 0.1) is 11.1 Å². The maximum atomic E-state index is 11.9. The van der Waals surface area contributed by atoms with Gasteiger partial charge in [-0.2, -0.15) is 0 Å². The second kappa shape index (κ2) is 16.6. The lowest BCUT2D eigenvalue weighted by Gasteiger charge is -2.37. The van der Waals surface area contributed by atoms with Crippen molar-refractivity contribution in [3.8, 4) is 11.8 Å². The van der Waals surface area contributed by atoms with Gasteiger partial charge in [0.2, 0.25) is 15.0 Å². The number of carboxylic acid groups (broad SMARTS) is 1. The minimum absolute atomic E-state index is 0.219. The van der Waals surface area contributed by atoms with Crippen molar-refractivity contribution in [2.75, 3.05) is 19.3 Å². The highest BCUT2D eigenvalue weighted by Gasteiger charge is 2.35. The van der Waals surface area contributed by atoms with Crippen LogP contribution in [0.25, 0.3) is 0 Å². The molecule has 0 aliphatic rings. The van der Waals surface area contributed by atoms with Crippen LogP contribution in [0.5, 0.6) is 0 Å². The van der Waals surface area contributed by atoms with Gasteiger partial charge in [-0.1, -0.05) is 109 Å². The van der Waals surface area contributed by atoms with Gasteiger partial charge in [-0.15, -0.1) is 0 Å². The zero-order chi connectivity index (χ0) is 32.0. The van der Waals surface area contributed by atoms with Gasteiger partial charge in [0.1, 0.15) is 6.04 Å². The van der Waals surface area contributed by atoms with Crippen molar-refractivity contribution < 1.29 is 18.3 Å². The predicted molar refractivity (Wildman–Crippen MR) is 176 cm³/mol. The van der Waals surface area contributed by atoms with Crippen LogP contribution in [-0.2, 0) is 20.2 Å². The molecular formula is C36H40N4O4S. The van der Waals surface area contributed by atoms with Crippen LogP contribution < -0.4 is 10.6 Å². The quantitative estimate of drug-likeness (QED) is 0.0674. The molecule has 3 N–H and O–H groups in total. The van der Waals surface area contributed by atoms with Gasteiger partial charge in [0, 0.05) is 25.1 Å². The summed E-state index contributed by atoms with van der Waals surface area (Å²) in [5, 5.41) is 16.6. The maximum Gasteiger partial charge on any atom is 0.320 e. The van der Waals surface area contributed by atoms with Gasteiger partial charge in [-0.05, 0) is 55.5 Å². The topological polar surface area (TPSA) is 121 Å². The average molecular weight is 625 g/mol. The van der Waals surface area contributed by atoms with Gasteiger partial charge >= 0.3 is 5.97 Å². The first-order chi connectivity index (χ1) is 21.8. The molecule has 0 amide bonds. The molecule has 234 valence electrons. The minimum atomic E-state index is -3.44. The molecule has 45 heavy (non-hydrogen) atoms. The SMILES string of the molecule is CS(=O)(=O)c1ncc(C#CCCCCN[C@@H](CCCCNC(c2ccccc2)(c2ccccc2)c2ccccc2)C(=O)O)cn1. The molecule has 0 spiro atoms. The summed E-state index contributed by atoms with van der Waals surface area (Å²) in [6.07, 6.45) is 8.20. The highest BCUT2D eigenvalue weighted by molar-refractivity contribution is 7.90. The predicted octanol–water partition coefficient (Wildman–Crippen LogP) is 5.20. The summed E-state index contributed by atoms with van der Waals surface area (Å²) >= 11 is 0. The minimum Gasteiger partial charge on any atom is -0.480 e. The van der Waals surface area contributed by atoms with Crippen molar-refractivity contribution in [3.05, 3.63) is 126 Å². The first-order valence-electron chi connectivity index (χ1n) is 15.2. The van der Waals surface area contributed by atoms with Crippen LogP contribution in [-0.4, -0.2) is 54.8 Å². The first kappa shape index (κ1) is 33.5. The smallest absolute Gasteiger partial charge is 0.320 e. The number of nitrogens with zero attached hydrogens (tertiary/aromatic N) is 2. The Kier molecular flexibility index (Phi) is 12.4. The number of unbranched alkanes of at least 4 members (excludes halogenated alkanes) is 3. The van der Waals surface area contributed by atoms with E-state index in [1.807, 2.05) is 18.2 Å². The fraction of sp³-hybridized carbons (Fsp3) is 0.306. The van der Waals surface area contributed by atoms with E-state index >= 15 is 0 Å². The van der Waals surface area contributed by atoms with Crippen LogP contribution in [0.2, 0.25) is 0 Å². The third kappa shape index (κ3) is 9.56. The molecule has 0 saturated carbocycles. The van der Waals surface area contributed by atoms with E-state index in [0.29, 0.717) is 31.5 Å². The largest absolute Gasteiger partial charge is 0.480 e. The van der Waals surface area contributed by atoms with E-state index in [2.05, 4.69) is 105 Å². The number of hydrogen-bond donors (Lipinski definition) is 3. The van der Waals surface area contributed by atoms with Crippen LogP contribution >= 0.6 is 0 Å². The van der Waals surface area contributed by atoms with Crippen molar-refractivity contribution in [3.63, 3.8) is 0 Å². The van der Waals surface area contributed by atoms with Crippen molar-refractivity contribution >= 4 is 15.8 Å². The van der Waals surface area contributed by atoms with Crippen molar-refractivity contribution in [2.45, 2.75) is 55.3 Å². The van der Waals surface area contributed by atoms with E-state index in [4.69, 9.17) is 0 Å². The monoisotopic (exact) mass is 624 g/mol. The van der Waals surface area contributed by atoms with Gasteiger partial charge in [0.15, 0.2) is 0 Å². The summed E-state index contributed by atoms with van der Waals surface area (Å²) in [5.41, 5.74) is 3.46. The summed E-state index contributed by atoms with van der Waals surface area (Å²) in [6.45, 7) is 1.30. The Labute approximate surface area is 266 Å². The fourth-order valence-corrected chi connectivity index (χ4v) is 5.77. The van der Waals surface area contributed by atoms with E-state index in [1.54, 1.807) is 0 Å². The van der Waals surface area contributed by atoms with E-state index in [0.717, 1.165) is 48.6 Å². The molecule has 0 aliphatic carbocycles. The van der Waals surface area contributed by atoms with Crippen molar-refractivity contribution in [2.24, 2.45) is 0 Å². The summed E-state index contributed by atoms with van der Waals surface area (Å²) < 4.78 is 22.9. The van der Waals surface area contributed by atoms with Crippen LogP contribution in [0.4, 0.5) is 0 Å². The fourth-order valence-electron chi connectivity index (χ4n) is 5.28. The Morgan fingerprint density at radius 3 is 1.80 bits per heavy atom. The Bertz CT molecular complexity index is 1560. The van der Waals surface area contributed by atoms with Crippen LogP contribution in [0.15, 0.2) is 109 Å². The van der Waals surface area contributed by atoms with Gasteiger partial charge < -0.3 is 10.4 Å². The zero-order valence-corrected chi connectivity index (χ0v) is 26.3. The van der Waals surface area contributed by atoms with E-state index in [9.17, 15) is 18.3 Å². The maximum absolute atomic E-state index is 11.9. The van der Waals surface area contributed by atoms with Crippen LogP contribution in [0.3, 0.4) is 0 Å². The molecule has 1 atom stereocenters. The number of nitrogens with one attached hydrogen (secondary N) is 2. The Hall–Kier alpha value is -4.36. The van der Waals surface area contributed by atoms with Crippen molar-refractivity contribution in [1.82, 2.24) is 20.6 Å². The molecule has 0 radical (unpaired) electrons. The molecule has 4 aromatic rings. The number of aromatic nitrogens is 2. The molecule has 0 saturated heterocycles. The van der Waals surface area contributed by atoms with Gasteiger partial charge in [-0.25, -0.2) is 18.4 Å². The molecule has 0 unspecified atom stereocenters. The summed E-state index contributed by atoms with van der Waals surface area (Å²) in [5.74, 6) is 5.13. The number of sulfone groups is 1. The second-order valence-corrected chi connectivity index (χ2v) is 12.8. The Balaban J connectivity index is 1.26. The second-order valence-electron chi connectivity index (χ2n) is 10.9. The number of carboxylic acids is 1. The lowest BCUT2D eigenvalue weighted by molar-refractivity contribution is -0.139. The zero-order valence-electron chi connectivity index (χ0n) is 25.5.